The maximum atomic E-state index is 12.6. The third-order valence-electron chi connectivity index (χ3n) is 3.89. The molecule has 0 spiro atoms. The molecule has 0 atom stereocenters. The molecule has 0 saturated carbocycles. The van der Waals surface area contributed by atoms with Gasteiger partial charge in [-0.2, -0.15) is 5.10 Å². The zero-order valence-corrected chi connectivity index (χ0v) is 16.5. The second-order valence-corrected chi connectivity index (χ2v) is 8.47. The molecule has 3 rings (SSSR count). The minimum Gasteiger partial charge on any atom is -0.276 e. The molecule has 136 valence electrons. The molecule has 0 bridgehead atoms. The van der Waals surface area contributed by atoms with Crippen LogP contribution in [0.5, 0.6) is 0 Å². The highest BCUT2D eigenvalue weighted by atomic mass is 35.5. The van der Waals surface area contributed by atoms with Gasteiger partial charge in [-0.15, -0.1) is 0 Å². The maximum Gasteiger partial charge on any atom is 0.262 e. The maximum absolute atomic E-state index is 12.6. The lowest BCUT2D eigenvalue weighted by Crippen LogP contribution is -2.14. The molecular weight excluding hydrogens is 393 g/mol. The first-order chi connectivity index (χ1) is 12.3. The number of halogens is 2. The highest BCUT2D eigenvalue weighted by molar-refractivity contribution is 7.92. The summed E-state index contributed by atoms with van der Waals surface area (Å²) in [4.78, 5) is 0.241. The predicted octanol–water partition coefficient (Wildman–Crippen LogP) is 4.66. The summed E-state index contributed by atoms with van der Waals surface area (Å²) in [6.07, 6.45) is 3.05. The van der Waals surface area contributed by atoms with Crippen LogP contribution in [0.3, 0.4) is 0 Å². The van der Waals surface area contributed by atoms with Crippen LogP contribution in [0.4, 0.5) is 5.69 Å². The van der Waals surface area contributed by atoms with Crippen LogP contribution in [0, 0.1) is 13.8 Å². The highest BCUT2D eigenvalue weighted by Crippen LogP contribution is 2.26. The molecule has 5 nitrogen and oxygen atoms in total. The lowest BCUT2D eigenvalue weighted by atomic mass is 10.2. The zero-order valence-electron chi connectivity index (χ0n) is 14.2. The van der Waals surface area contributed by atoms with Gasteiger partial charge < -0.3 is 0 Å². The molecule has 0 aliphatic rings. The summed E-state index contributed by atoms with van der Waals surface area (Å²) in [7, 11) is -3.69. The number of hydrogen-bond acceptors (Lipinski definition) is 3. The molecule has 1 heterocycles. The Morgan fingerprint density at radius 2 is 1.81 bits per heavy atom. The van der Waals surface area contributed by atoms with Crippen molar-refractivity contribution in [3.8, 4) is 0 Å². The van der Waals surface area contributed by atoms with Crippen molar-refractivity contribution in [3.05, 3.63) is 75.5 Å². The lowest BCUT2D eigenvalue weighted by molar-refractivity contribution is 0.600. The monoisotopic (exact) mass is 409 g/mol. The van der Waals surface area contributed by atoms with Crippen molar-refractivity contribution in [2.24, 2.45) is 0 Å². The van der Waals surface area contributed by atoms with Gasteiger partial charge in [-0.05, 0) is 37.6 Å². The third-order valence-corrected chi connectivity index (χ3v) is 6.14. The van der Waals surface area contributed by atoms with E-state index < -0.39 is 10.0 Å². The van der Waals surface area contributed by atoms with Gasteiger partial charge in [-0.1, -0.05) is 47.0 Å². The van der Waals surface area contributed by atoms with Gasteiger partial charge in [0.05, 0.1) is 23.3 Å². The Morgan fingerprint density at radius 3 is 2.46 bits per heavy atom. The second kappa shape index (κ2) is 7.31. The Kier molecular flexibility index (Phi) is 5.27. The van der Waals surface area contributed by atoms with E-state index in [-0.39, 0.29) is 4.90 Å². The van der Waals surface area contributed by atoms with Gasteiger partial charge in [-0.3, -0.25) is 9.40 Å². The van der Waals surface area contributed by atoms with E-state index in [4.69, 9.17) is 23.2 Å². The molecule has 0 aliphatic heterocycles. The quantitative estimate of drug-likeness (QED) is 0.666. The van der Waals surface area contributed by atoms with Crippen LogP contribution in [-0.2, 0) is 16.6 Å². The first-order valence-electron chi connectivity index (χ1n) is 7.82. The average Bonchev–Trinajstić information content (AvgIpc) is 2.97. The Balaban J connectivity index is 1.82. The zero-order chi connectivity index (χ0) is 18.9. The number of aryl methyl sites for hydroxylation is 2. The Bertz CT molecular complexity index is 1040. The molecule has 1 N–H and O–H groups in total. The van der Waals surface area contributed by atoms with E-state index in [0.717, 1.165) is 11.1 Å². The normalized spacial score (nSPS) is 11.5. The predicted molar refractivity (Wildman–Crippen MR) is 105 cm³/mol. The minimum atomic E-state index is -3.69. The van der Waals surface area contributed by atoms with Crippen molar-refractivity contribution in [1.29, 1.82) is 0 Å². The Labute approximate surface area is 162 Å². The van der Waals surface area contributed by atoms with Gasteiger partial charge in [0.2, 0.25) is 0 Å². The van der Waals surface area contributed by atoms with Gasteiger partial charge in [0.1, 0.15) is 0 Å². The summed E-state index contributed by atoms with van der Waals surface area (Å²) in [5.74, 6) is 0. The largest absolute Gasteiger partial charge is 0.276 e. The SMILES string of the molecule is Cc1ccc(S(=O)(=O)Nc2cnn(Cc3c(Cl)cccc3Cl)c2)c(C)c1. The van der Waals surface area contributed by atoms with E-state index in [1.54, 1.807) is 48.1 Å². The van der Waals surface area contributed by atoms with E-state index in [2.05, 4.69) is 9.82 Å². The van der Waals surface area contributed by atoms with Gasteiger partial charge in [0.25, 0.3) is 10.0 Å². The third kappa shape index (κ3) is 4.03. The molecule has 0 saturated heterocycles. The summed E-state index contributed by atoms with van der Waals surface area (Å²) in [5, 5.41) is 5.25. The van der Waals surface area contributed by atoms with Crippen LogP contribution >= 0.6 is 23.2 Å². The molecular formula is C18H17Cl2N3O2S. The van der Waals surface area contributed by atoms with Crippen molar-refractivity contribution in [1.82, 2.24) is 9.78 Å². The van der Waals surface area contributed by atoms with Crippen molar-refractivity contribution in [3.63, 3.8) is 0 Å². The van der Waals surface area contributed by atoms with Gasteiger partial charge in [0, 0.05) is 21.8 Å². The number of rotatable bonds is 5. The molecule has 0 unspecified atom stereocenters. The van der Waals surface area contributed by atoms with Gasteiger partial charge >= 0.3 is 0 Å². The van der Waals surface area contributed by atoms with Crippen LogP contribution in [-0.4, -0.2) is 18.2 Å². The summed E-state index contributed by atoms with van der Waals surface area (Å²) >= 11 is 12.3. The minimum absolute atomic E-state index is 0.241. The van der Waals surface area contributed by atoms with Crippen molar-refractivity contribution in [2.45, 2.75) is 25.3 Å². The fourth-order valence-corrected chi connectivity index (χ4v) is 4.43. The summed E-state index contributed by atoms with van der Waals surface area (Å²) in [6.45, 7) is 4.02. The second-order valence-electron chi connectivity index (χ2n) is 6.00. The molecule has 0 fully saturated rings. The molecule has 0 radical (unpaired) electrons. The highest BCUT2D eigenvalue weighted by Gasteiger charge is 2.18. The fraction of sp³-hybridized carbons (Fsp3) is 0.167. The standard InChI is InChI=1S/C18H17Cl2N3O2S/c1-12-6-7-18(13(2)8-12)26(24,25)22-14-9-21-23(10-14)11-15-16(19)4-3-5-17(15)20/h3-10,22H,11H2,1-2H3. The van der Waals surface area contributed by atoms with E-state index in [0.29, 0.717) is 27.8 Å². The molecule has 0 aliphatic carbocycles. The lowest BCUT2D eigenvalue weighted by Gasteiger charge is -2.09. The smallest absolute Gasteiger partial charge is 0.262 e. The van der Waals surface area contributed by atoms with E-state index in [9.17, 15) is 8.42 Å². The summed E-state index contributed by atoms with van der Waals surface area (Å²) in [5.41, 5.74) is 2.79. The number of anilines is 1. The van der Waals surface area contributed by atoms with Gasteiger partial charge in [0.15, 0.2) is 0 Å². The molecule has 0 amide bonds. The Hall–Kier alpha value is -2.02. The van der Waals surface area contributed by atoms with Crippen LogP contribution < -0.4 is 4.72 Å². The number of hydrogen-bond donors (Lipinski definition) is 1. The van der Waals surface area contributed by atoms with E-state index >= 15 is 0 Å². The first-order valence-corrected chi connectivity index (χ1v) is 10.1. The fourth-order valence-electron chi connectivity index (χ4n) is 2.66. The number of aromatic nitrogens is 2. The molecule has 3 aromatic rings. The van der Waals surface area contributed by atoms with Crippen LogP contribution in [0.2, 0.25) is 10.0 Å². The van der Waals surface area contributed by atoms with Crippen molar-refractivity contribution < 1.29 is 8.42 Å². The molecule has 8 heteroatoms. The van der Waals surface area contributed by atoms with E-state index in [1.807, 2.05) is 13.0 Å². The molecule has 1 aromatic heterocycles. The molecule has 2 aromatic carbocycles. The van der Waals surface area contributed by atoms with E-state index in [1.165, 1.54) is 6.20 Å². The van der Waals surface area contributed by atoms with Crippen LogP contribution in [0.15, 0.2) is 53.7 Å². The number of benzene rings is 2. The number of sulfonamides is 1. The van der Waals surface area contributed by atoms with Gasteiger partial charge in [-0.25, -0.2) is 8.42 Å². The summed E-state index contributed by atoms with van der Waals surface area (Å²) in [6, 6.07) is 10.5. The topological polar surface area (TPSA) is 64.0 Å². The number of nitrogens with one attached hydrogen (secondary N) is 1. The number of nitrogens with zero attached hydrogens (tertiary/aromatic N) is 2. The average molecular weight is 410 g/mol. The van der Waals surface area contributed by atoms with Crippen LogP contribution in [0.25, 0.3) is 0 Å². The van der Waals surface area contributed by atoms with Crippen LogP contribution in [0.1, 0.15) is 16.7 Å². The van der Waals surface area contributed by atoms with Crippen molar-refractivity contribution >= 4 is 38.9 Å². The summed E-state index contributed by atoms with van der Waals surface area (Å²) < 4.78 is 29.4. The molecule has 26 heavy (non-hydrogen) atoms. The Morgan fingerprint density at radius 1 is 1.12 bits per heavy atom. The van der Waals surface area contributed by atoms with Crippen molar-refractivity contribution in [2.75, 3.05) is 4.72 Å². The first kappa shape index (κ1) is 18.8.